The van der Waals surface area contributed by atoms with Gasteiger partial charge in [0.2, 0.25) is 0 Å². The Kier molecular flexibility index (Phi) is 5.63. The third-order valence-electron chi connectivity index (χ3n) is 3.53. The highest BCUT2D eigenvalue weighted by atomic mass is 32.1. The van der Waals surface area contributed by atoms with Crippen LogP contribution in [0.25, 0.3) is 0 Å². The van der Waals surface area contributed by atoms with Gasteiger partial charge in [0.1, 0.15) is 0 Å². The average Bonchev–Trinajstić information content (AvgIpc) is 3.15. The van der Waals surface area contributed by atoms with E-state index in [0.29, 0.717) is 6.61 Å². The molecule has 0 aromatic carbocycles. The maximum Gasteiger partial charge on any atom is 0.186 e. The van der Waals surface area contributed by atoms with E-state index < -0.39 is 0 Å². The topological polar surface area (TPSA) is 37.4 Å². The average molecular weight is 311 g/mol. The van der Waals surface area contributed by atoms with Crippen molar-refractivity contribution in [3.05, 3.63) is 10.6 Å². The summed E-state index contributed by atoms with van der Waals surface area (Å²) in [7, 11) is 1.74. The maximum absolute atomic E-state index is 5.33. The maximum atomic E-state index is 5.33. The number of hydrogen-bond acceptors (Lipinski definition) is 5. The summed E-state index contributed by atoms with van der Waals surface area (Å²) in [5.74, 6) is 0. The molecule has 1 saturated carbocycles. The molecule has 0 bridgehead atoms. The lowest BCUT2D eigenvalue weighted by atomic mass is 10.1. The summed E-state index contributed by atoms with van der Waals surface area (Å²) in [6, 6.07) is 0.718. The van der Waals surface area contributed by atoms with Crippen molar-refractivity contribution in [2.75, 3.05) is 18.6 Å². The molecule has 1 fully saturated rings. The largest absolute Gasteiger partial charge is 0.378 e. The van der Waals surface area contributed by atoms with Gasteiger partial charge in [-0.05, 0) is 40.0 Å². The first-order chi connectivity index (χ1) is 9.94. The number of aromatic nitrogens is 1. The summed E-state index contributed by atoms with van der Waals surface area (Å²) >= 11 is 1.83. The molecule has 1 heterocycles. The summed E-state index contributed by atoms with van der Waals surface area (Å²) in [6.07, 6.45) is 3.80. The summed E-state index contributed by atoms with van der Waals surface area (Å²) in [6.45, 7) is 11.4. The van der Waals surface area contributed by atoms with Crippen LogP contribution in [0.15, 0.2) is 0 Å². The van der Waals surface area contributed by atoms with E-state index in [1.54, 1.807) is 7.11 Å². The number of rotatable bonds is 8. The number of nitrogens with zero attached hydrogens (tertiary/aromatic N) is 2. The van der Waals surface area contributed by atoms with Crippen LogP contribution in [0, 0.1) is 0 Å². The monoisotopic (exact) mass is 311 g/mol. The molecule has 1 N–H and O–H groups in total. The van der Waals surface area contributed by atoms with Crippen molar-refractivity contribution < 1.29 is 4.74 Å². The van der Waals surface area contributed by atoms with Gasteiger partial charge in [0.15, 0.2) is 5.13 Å². The Bertz CT molecular complexity index is 449. The molecule has 0 spiro atoms. The minimum absolute atomic E-state index is 0.119. The number of hydrogen-bond donors (Lipinski definition) is 1. The Morgan fingerprint density at radius 3 is 2.62 bits per heavy atom. The van der Waals surface area contributed by atoms with E-state index in [4.69, 9.17) is 9.72 Å². The molecule has 0 amide bonds. The van der Waals surface area contributed by atoms with Gasteiger partial charge >= 0.3 is 0 Å². The second kappa shape index (κ2) is 7.07. The van der Waals surface area contributed by atoms with Gasteiger partial charge in [-0.1, -0.05) is 6.92 Å². The Morgan fingerprint density at radius 2 is 2.10 bits per heavy atom. The van der Waals surface area contributed by atoms with Gasteiger partial charge in [0.05, 0.1) is 12.3 Å². The van der Waals surface area contributed by atoms with Crippen molar-refractivity contribution in [3.63, 3.8) is 0 Å². The van der Waals surface area contributed by atoms with Crippen LogP contribution >= 0.6 is 11.3 Å². The first-order valence-electron chi connectivity index (χ1n) is 7.93. The quantitative estimate of drug-likeness (QED) is 0.796. The molecule has 5 heteroatoms. The number of nitrogens with one attached hydrogen (secondary N) is 1. The van der Waals surface area contributed by atoms with E-state index in [9.17, 15) is 0 Å². The summed E-state index contributed by atoms with van der Waals surface area (Å²) in [5.41, 5.74) is 1.21. The number of ether oxygens (including phenoxy) is 1. The van der Waals surface area contributed by atoms with Crippen LogP contribution in [0.3, 0.4) is 0 Å². The Balaban J connectivity index is 2.14. The number of anilines is 1. The minimum atomic E-state index is 0.119. The highest BCUT2D eigenvalue weighted by Gasteiger charge is 2.31. The first kappa shape index (κ1) is 16.7. The Morgan fingerprint density at radius 1 is 1.38 bits per heavy atom. The van der Waals surface area contributed by atoms with Crippen molar-refractivity contribution in [1.82, 2.24) is 10.3 Å². The summed E-state index contributed by atoms with van der Waals surface area (Å²) in [4.78, 5) is 8.66. The zero-order valence-corrected chi connectivity index (χ0v) is 14.8. The fourth-order valence-electron chi connectivity index (χ4n) is 2.29. The van der Waals surface area contributed by atoms with Crippen LogP contribution < -0.4 is 10.2 Å². The molecule has 4 nitrogen and oxygen atoms in total. The number of methoxy groups -OCH3 is 1. The third kappa shape index (κ3) is 4.94. The van der Waals surface area contributed by atoms with Gasteiger partial charge in [-0.3, -0.25) is 0 Å². The lowest BCUT2D eigenvalue weighted by Crippen LogP contribution is -2.35. The van der Waals surface area contributed by atoms with Gasteiger partial charge in [0.25, 0.3) is 0 Å². The zero-order valence-electron chi connectivity index (χ0n) is 14.0. The molecule has 0 radical (unpaired) electrons. The predicted molar refractivity (Wildman–Crippen MR) is 90.1 cm³/mol. The fraction of sp³-hybridized carbons (Fsp3) is 0.812. The van der Waals surface area contributed by atoms with Gasteiger partial charge in [0, 0.05) is 36.7 Å². The van der Waals surface area contributed by atoms with E-state index in [1.165, 1.54) is 29.3 Å². The molecule has 21 heavy (non-hydrogen) atoms. The van der Waals surface area contributed by atoms with Crippen molar-refractivity contribution in [1.29, 1.82) is 0 Å². The van der Waals surface area contributed by atoms with Crippen LogP contribution in [0.1, 0.15) is 57.5 Å². The molecule has 1 aromatic heterocycles. The molecule has 1 aromatic rings. The van der Waals surface area contributed by atoms with E-state index in [2.05, 4.69) is 37.9 Å². The molecule has 0 saturated heterocycles. The molecule has 0 atom stereocenters. The normalized spacial score (nSPS) is 15.5. The second-order valence-electron chi connectivity index (χ2n) is 6.83. The molecular formula is C16H29N3OS. The highest BCUT2D eigenvalue weighted by Crippen LogP contribution is 2.35. The predicted octanol–water partition coefficient (Wildman–Crippen LogP) is 3.56. The third-order valence-corrected chi connectivity index (χ3v) is 4.66. The van der Waals surface area contributed by atoms with Gasteiger partial charge < -0.3 is 15.0 Å². The summed E-state index contributed by atoms with van der Waals surface area (Å²) < 4.78 is 5.33. The van der Waals surface area contributed by atoms with Crippen LogP contribution in [0.5, 0.6) is 0 Å². The molecule has 0 unspecified atom stereocenters. The number of thiazole rings is 1. The standard InChI is InChI=1S/C16H29N3OS/c1-6-9-19(12-7-8-12)15-18-13(11-20-5)14(21-15)10-17-16(2,3)4/h12,17H,6-11H2,1-5H3. The molecular weight excluding hydrogens is 282 g/mol. The lowest BCUT2D eigenvalue weighted by molar-refractivity contribution is 0.181. The van der Waals surface area contributed by atoms with Crippen molar-refractivity contribution in [2.45, 2.75) is 71.7 Å². The van der Waals surface area contributed by atoms with E-state index in [0.717, 1.165) is 24.8 Å². The smallest absolute Gasteiger partial charge is 0.186 e. The van der Waals surface area contributed by atoms with Gasteiger partial charge in [-0.25, -0.2) is 4.98 Å². The highest BCUT2D eigenvalue weighted by molar-refractivity contribution is 7.15. The van der Waals surface area contributed by atoms with E-state index >= 15 is 0 Å². The SMILES string of the molecule is CCCN(c1nc(COC)c(CNC(C)(C)C)s1)C1CC1. The van der Waals surface area contributed by atoms with Crippen LogP contribution in [0.2, 0.25) is 0 Å². The van der Waals surface area contributed by atoms with Gasteiger partial charge in [-0.2, -0.15) is 0 Å². The summed E-state index contributed by atoms with van der Waals surface area (Å²) in [5, 5.41) is 4.74. The van der Waals surface area contributed by atoms with Crippen LogP contribution in [0.4, 0.5) is 5.13 Å². The van der Waals surface area contributed by atoms with Crippen molar-refractivity contribution in [2.24, 2.45) is 0 Å². The molecule has 1 aliphatic rings. The van der Waals surface area contributed by atoms with Crippen molar-refractivity contribution >= 4 is 16.5 Å². The second-order valence-corrected chi connectivity index (χ2v) is 7.89. The Hall–Kier alpha value is -0.650. The first-order valence-corrected chi connectivity index (χ1v) is 8.75. The zero-order chi connectivity index (χ0) is 15.5. The van der Waals surface area contributed by atoms with Crippen molar-refractivity contribution in [3.8, 4) is 0 Å². The molecule has 0 aliphatic heterocycles. The van der Waals surface area contributed by atoms with Crippen LogP contribution in [-0.2, 0) is 17.9 Å². The molecule has 120 valence electrons. The molecule has 1 aliphatic carbocycles. The minimum Gasteiger partial charge on any atom is -0.378 e. The van der Waals surface area contributed by atoms with Crippen LogP contribution in [-0.4, -0.2) is 30.2 Å². The lowest BCUT2D eigenvalue weighted by Gasteiger charge is -2.21. The molecule has 2 rings (SSSR count). The fourth-order valence-corrected chi connectivity index (χ4v) is 3.39. The van der Waals surface area contributed by atoms with E-state index in [1.807, 2.05) is 11.3 Å². The van der Waals surface area contributed by atoms with E-state index in [-0.39, 0.29) is 5.54 Å². The van der Waals surface area contributed by atoms with Gasteiger partial charge in [-0.15, -0.1) is 11.3 Å². The Labute approximate surface area is 132 Å².